The molecule has 0 aliphatic rings. The molecule has 1 rings (SSSR count). The fourth-order valence-electron chi connectivity index (χ4n) is 1.76. The van der Waals surface area contributed by atoms with Crippen molar-refractivity contribution in [3.05, 3.63) is 34.2 Å². The molecule has 1 aromatic heterocycles. The smallest absolute Gasteiger partial charge is 0.255 e. The number of nitrogens with zero attached hydrogens (tertiary/aromatic N) is 1. The first-order chi connectivity index (χ1) is 7.43. The second kappa shape index (κ2) is 4.96. The fraction of sp³-hybridized carbons (Fsp3) is 0.500. The van der Waals surface area contributed by atoms with Crippen LogP contribution >= 0.6 is 0 Å². The van der Waals surface area contributed by atoms with Crippen LogP contribution in [0.25, 0.3) is 0 Å². The van der Waals surface area contributed by atoms with Gasteiger partial charge in [-0.15, -0.1) is 0 Å². The molecule has 0 atom stereocenters. The van der Waals surface area contributed by atoms with Crippen LogP contribution in [0.1, 0.15) is 38.1 Å². The van der Waals surface area contributed by atoms with Crippen LogP contribution < -0.4 is 5.56 Å². The van der Waals surface area contributed by atoms with Gasteiger partial charge in [-0.05, 0) is 33.8 Å². The highest BCUT2D eigenvalue weighted by Crippen LogP contribution is 2.10. The molecule has 4 nitrogen and oxygen atoms in total. The monoisotopic (exact) mass is 222 g/mol. The molecule has 0 radical (unpaired) electrons. The Labute approximate surface area is 95.3 Å². The fourth-order valence-corrected chi connectivity index (χ4v) is 1.76. The van der Waals surface area contributed by atoms with Gasteiger partial charge in [-0.3, -0.25) is 9.59 Å². The summed E-state index contributed by atoms with van der Waals surface area (Å²) in [7, 11) is 0. The Hall–Kier alpha value is -1.58. The highest BCUT2D eigenvalue weighted by molar-refractivity contribution is 5.94. The van der Waals surface area contributed by atoms with E-state index in [4.69, 9.17) is 0 Å². The Bertz CT molecular complexity index is 393. The van der Waals surface area contributed by atoms with E-state index in [1.807, 2.05) is 27.7 Å². The van der Waals surface area contributed by atoms with Crippen molar-refractivity contribution in [1.29, 1.82) is 0 Å². The zero-order valence-electron chi connectivity index (χ0n) is 10.2. The van der Waals surface area contributed by atoms with Crippen molar-refractivity contribution in [2.75, 3.05) is 0 Å². The lowest BCUT2D eigenvalue weighted by molar-refractivity contribution is 0.0643. The van der Waals surface area contributed by atoms with Crippen molar-refractivity contribution >= 4 is 5.91 Å². The summed E-state index contributed by atoms with van der Waals surface area (Å²) in [6.07, 6.45) is 1.46. The molecule has 4 heteroatoms. The van der Waals surface area contributed by atoms with Crippen molar-refractivity contribution in [2.45, 2.75) is 39.8 Å². The van der Waals surface area contributed by atoms with E-state index in [1.165, 1.54) is 12.3 Å². The van der Waals surface area contributed by atoms with Crippen LogP contribution in [0.15, 0.2) is 23.1 Å². The first-order valence-corrected chi connectivity index (χ1v) is 5.45. The number of amides is 1. The third-order valence-electron chi connectivity index (χ3n) is 2.38. The number of hydrogen-bond donors (Lipinski definition) is 1. The maximum Gasteiger partial charge on any atom is 0.255 e. The maximum atomic E-state index is 12.1. The van der Waals surface area contributed by atoms with Crippen molar-refractivity contribution in [2.24, 2.45) is 0 Å². The zero-order chi connectivity index (χ0) is 12.3. The largest absolute Gasteiger partial charge is 0.334 e. The third kappa shape index (κ3) is 2.72. The molecule has 0 unspecified atom stereocenters. The number of nitrogens with one attached hydrogen (secondary N) is 1. The van der Waals surface area contributed by atoms with Crippen molar-refractivity contribution in [1.82, 2.24) is 9.88 Å². The van der Waals surface area contributed by atoms with Crippen LogP contribution in [-0.2, 0) is 0 Å². The van der Waals surface area contributed by atoms with E-state index in [9.17, 15) is 9.59 Å². The summed E-state index contributed by atoms with van der Waals surface area (Å²) < 4.78 is 0. The summed E-state index contributed by atoms with van der Waals surface area (Å²) in [5, 5.41) is 0. The van der Waals surface area contributed by atoms with Gasteiger partial charge in [0.25, 0.3) is 5.91 Å². The van der Waals surface area contributed by atoms with E-state index >= 15 is 0 Å². The number of carbonyl (C=O) groups is 1. The van der Waals surface area contributed by atoms with Gasteiger partial charge >= 0.3 is 0 Å². The number of hydrogen-bond acceptors (Lipinski definition) is 2. The number of carbonyl (C=O) groups excluding carboxylic acids is 1. The van der Waals surface area contributed by atoms with Crippen molar-refractivity contribution in [3.8, 4) is 0 Å². The van der Waals surface area contributed by atoms with Gasteiger partial charge in [0.05, 0.1) is 5.56 Å². The van der Waals surface area contributed by atoms with Gasteiger partial charge in [-0.25, -0.2) is 0 Å². The van der Waals surface area contributed by atoms with E-state index in [2.05, 4.69) is 4.98 Å². The van der Waals surface area contributed by atoms with Gasteiger partial charge in [-0.1, -0.05) is 0 Å². The second-order valence-electron chi connectivity index (χ2n) is 4.34. The van der Waals surface area contributed by atoms with Gasteiger partial charge in [0.1, 0.15) is 0 Å². The minimum Gasteiger partial charge on any atom is -0.334 e. The van der Waals surface area contributed by atoms with E-state index in [0.29, 0.717) is 5.56 Å². The topological polar surface area (TPSA) is 53.2 Å². The Morgan fingerprint density at radius 3 is 2.12 bits per heavy atom. The Balaban J connectivity index is 2.99. The molecule has 0 saturated heterocycles. The minimum absolute atomic E-state index is 0.0544. The lowest BCUT2D eigenvalue weighted by Gasteiger charge is -2.30. The van der Waals surface area contributed by atoms with Gasteiger partial charge in [0.2, 0.25) is 5.56 Å². The molecule has 0 spiro atoms. The van der Waals surface area contributed by atoms with Gasteiger partial charge in [0, 0.05) is 24.3 Å². The van der Waals surface area contributed by atoms with Gasteiger partial charge in [0.15, 0.2) is 0 Å². The Morgan fingerprint density at radius 2 is 1.75 bits per heavy atom. The molecular weight excluding hydrogens is 204 g/mol. The first kappa shape index (κ1) is 12.5. The highest BCUT2D eigenvalue weighted by Gasteiger charge is 2.21. The number of aromatic amines is 1. The van der Waals surface area contributed by atoms with Crippen molar-refractivity contribution < 1.29 is 4.79 Å². The molecule has 16 heavy (non-hydrogen) atoms. The predicted molar refractivity (Wildman–Crippen MR) is 63.5 cm³/mol. The average Bonchev–Trinajstić information content (AvgIpc) is 2.17. The van der Waals surface area contributed by atoms with Crippen LogP contribution in [0.2, 0.25) is 0 Å². The molecule has 0 fully saturated rings. The number of rotatable bonds is 3. The number of H-pyrrole nitrogens is 1. The lowest BCUT2D eigenvalue weighted by Crippen LogP contribution is -2.42. The normalized spacial score (nSPS) is 10.9. The first-order valence-electron chi connectivity index (χ1n) is 5.45. The molecule has 88 valence electrons. The predicted octanol–water partition coefficient (Wildman–Crippen LogP) is 1.63. The van der Waals surface area contributed by atoms with Crippen LogP contribution in [-0.4, -0.2) is 27.9 Å². The molecule has 1 aromatic rings. The molecule has 0 saturated carbocycles. The number of aromatic nitrogens is 1. The molecular formula is C12H18N2O2. The average molecular weight is 222 g/mol. The van der Waals surface area contributed by atoms with Crippen LogP contribution in [0.5, 0.6) is 0 Å². The number of pyridine rings is 1. The van der Waals surface area contributed by atoms with Gasteiger partial charge < -0.3 is 9.88 Å². The van der Waals surface area contributed by atoms with Crippen LogP contribution in [0.3, 0.4) is 0 Å². The second-order valence-corrected chi connectivity index (χ2v) is 4.34. The molecule has 1 heterocycles. The molecule has 0 aliphatic heterocycles. The maximum absolute atomic E-state index is 12.1. The summed E-state index contributed by atoms with van der Waals surface area (Å²) in [6, 6.07) is 3.20. The van der Waals surface area contributed by atoms with Crippen molar-refractivity contribution in [3.63, 3.8) is 0 Å². The minimum atomic E-state index is -0.197. The Morgan fingerprint density at radius 1 is 1.19 bits per heavy atom. The highest BCUT2D eigenvalue weighted by atomic mass is 16.2. The third-order valence-corrected chi connectivity index (χ3v) is 2.38. The quantitative estimate of drug-likeness (QED) is 0.845. The summed E-state index contributed by atoms with van der Waals surface area (Å²) in [5.41, 5.74) is 0.319. The Kier molecular flexibility index (Phi) is 3.88. The van der Waals surface area contributed by atoms with Crippen LogP contribution in [0, 0.1) is 0 Å². The van der Waals surface area contributed by atoms with E-state index in [1.54, 1.807) is 11.0 Å². The molecule has 0 aromatic carbocycles. The van der Waals surface area contributed by atoms with E-state index in [-0.39, 0.29) is 23.6 Å². The molecule has 1 amide bonds. The summed E-state index contributed by atoms with van der Waals surface area (Å²) >= 11 is 0. The standard InChI is InChI=1S/C12H18N2O2/c1-8(2)14(9(3)4)12(16)10-5-6-11(15)13-7-10/h5-9H,1-4H3,(H,13,15). The summed E-state index contributed by atoms with van der Waals surface area (Å²) in [4.78, 5) is 27.3. The molecule has 0 aliphatic carbocycles. The van der Waals surface area contributed by atoms with Gasteiger partial charge in [-0.2, -0.15) is 0 Å². The summed E-state index contributed by atoms with van der Waals surface area (Å²) in [6.45, 7) is 7.90. The molecule has 1 N–H and O–H groups in total. The van der Waals surface area contributed by atoms with E-state index in [0.717, 1.165) is 0 Å². The van der Waals surface area contributed by atoms with Crippen LogP contribution in [0.4, 0.5) is 0 Å². The lowest BCUT2D eigenvalue weighted by atomic mass is 10.1. The zero-order valence-corrected chi connectivity index (χ0v) is 10.2. The van der Waals surface area contributed by atoms with E-state index < -0.39 is 0 Å². The SMILES string of the molecule is CC(C)N(C(=O)c1ccc(=O)[nH]c1)C(C)C. The molecule has 0 bridgehead atoms. The summed E-state index contributed by atoms with van der Waals surface area (Å²) in [5.74, 6) is -0.0544.